The summed E-state index contributed by atoms with van der Waals surface area (Å²) in [7, 11) is 0. The fourth-order valence-electron chi connectivity index (χ4n) is 2.92. The Morgan fingerprint density at radius 1 is 1.30 bits per heavy atom. The first-order valence-corrected chi connectivity index (χ1v) is 9.06. The number of benzene rings is 1. The number of carbonyl (C=O) groups is 1. The molecule has 136 valence electrons. The Morgan fingerprint density at radius 3 is 2.93 bits per heavy atom. The van der Waals surface area contributed by atoms with Crippen molar-refractivity contribution in [2.24, 2.45) is 0 Å². The van der Waals surface area contributed by atoms with Crippen molar-refractivity contribution >= 4 is 43.4 Å². The number of thiophene rings is 1. The maximum Gasteiger partial charge on any atom is 0.272 e. The Hall–Kier alpha value is -3.13. The summed E-state index contributed by atoms with van der Waals surface area (Å²) < 4.78 is 15.2. The molecule has 3 aromatic heterocycles. The van der Waals surface area contributed by atoms with Gasteiger partial charge >= 0.3 is 0 Å². The second-order valence-corrected chi connectivity index (χ2v) is 7.19. The molecular weight excluding hydrogens is 367 g/mol. The van der Waals surface area contributed by atoms with Crippen molar-refractivity contribution in [2.75, 3.05) is 5.32 Å². The molecule has 0 atom stereocenters. The Kier molecular flexibility index (Phi) is 4.19. The molecule has 1 aromatic carbocycles. The van der Waals surface area contributed by atoms with E-state index in [1.165, 1.54) is 28.0 Å². The summed E-state index contributed by atoms with van der Waals surface area (Å²) in [6, 6.07) is 7.83. The first-order chi connectivity index (χ1) is 12.9. The molecule has 0 spiro atoms. The minimum absolute atomic E-state index is 0.203. The Labute approximate surface area is 157 Å². The van der Waals surface area contributed by atoms with E-state index in [1.54, 1.807) is 32.2 Å². The van der Waals surface area contributed by atoms with Gasteiger partial charge in [-0.1, -0.05) is 6.07 Å². The van der Waals surface area contributed by atoms with Gasteiger partial charge in [0.15, 0.2) is 0 Å². The summed E-state index contributed by atoms with van der Waals surface area (Å²) in [6.45, 7) is 3.25. The summed E-state index contributed by atoms with van der Waals surface area (Å²) in [5.74, 6) is -0.429. The molecule has 1 N–H and O–H groups in total. The maximum absolute atomic E-state index is 13.4. The standard InChI is InChI=1S/C19H15FN4O2S/c1-10-5-6-12(20)8-14(10)23-15(25)9-24-11(2)22-16-13-4-3-7-21-18(13)27-17(16)19(24)26/h3-8H,9H2,1-2H3,(H,23,25). The third kappa shape index (κ3) is 3.08. The van der Waals surface area contributed by atoms with Crippen molar-refractivity contribution in [1.29, 1.82) is 0 Å². The zero-order valence-corrected chi connectivity index (χ0v) is 15.4. The lowest BCUT2D eigenvalue weighted by Gasteiger charge is -2.11. The van der Waals surface area contributed by atoms with E-state index in [-0.39, 0.29) is 12.1 Å². The lowest BCUT2D eigenvalue weighted by Crippen LogP contribution is -2.29. The van der Waals surface area contributed by atoms with E-state index in [0.717, 1.165) is 15.8 Å². The molecule has 0 aliphatic heterocycles. The monoisotopic (exact) mass is 382 g/mol. The third-order valence-electron chi connectivity index (χ3n) is 4.32. The average molecular weight is 382 g/mol. The van der Waals surface area contributed by atoms with E-state index in [2.05, 4.69) is 15.3 Å². The van der Waals surface area contributed by atoms with E-state index < -0.39 is 11.7 Å². The molecule has 4 aromatic rings. The zero-order chi connectivity index (χ0) is 19.1. The van der Waals surface area contributed by atoms with E-state index in [9.17, 15) is 14.0 Å². The van der Waals surface area contributed by atoms with Crippen LogP contribution in [0.15, 0.2) is 41.3 Å². The fraction of sp³-hybridized carbons (Fsp3) is 0.158. The fourth-order valence-corrected chi connectivity index (χ4v) is 3.95. The highest BCUT2D eigenvalue weighted by atomic mass is 32.1. The molecule has 0 radical (unpaired) electrons. The number of aromatic nitrogens is 3. The molecule has 27 heavy (non-hydrogen) atoms. The smallest absolute Gasteiger partial charge is 0.272 e. The molecule has 3 heterocycles. The first kappa shape index (κ1) is 17.3. The zero-order valence-electron chi connectivity index (χ0n) is 14.6. The molecule has 0 saturated heterocycles. The van der Waals surface area contributed by atoms with Crippen LogP contribution in [0.5, 0.6) is 0 Å². The number of anilines is 1. The molecule has 0 aliphatic carbocycles. The van der Waals surface area contributed by atoms with Crippen LogP contribution in [0.4, 0.5) is 10.1 Å². The highest BCUT2D eigenvalue weighted by Crippen LogP contribution is 2.28. The predicted octanol–water partition coefficient (Wildman–Crippen LogP) is 3.40. The van der Waals surface area contributed by atoms with Crippen LogP contribution in [0.2, 0.25) is 0 Å². The Morgan fingerprint density at radius 2 is 2.11 bits per heavy atom. The van der Waals surface area contributed by atoms with E-state index in [1.807, 2.05) is 6.07 Å². The van der Waals surface area contributed by atoms with Gasteiger partial charge in [-0.25, -0.2) is 14.4 Å². The predicted molar refractivity (Wildman–Crippen MR) is 104 cm³/mol. The molecule has 8 heteroatoms. The molecule has 4 rings (SSSR count). The topological polar surface area (TPSA) is 76.9 Å². The van der Waals surface area contributed by atoms with Gasteiger partial charge in [-0.3, -0.25) is 14.2 Å². The minimum Gasteiger partial charge on any atom is -0.324 e. The van der Waals surface area contributed by atoms with Crippen LogP contribution in [0, 0.1) is 19.7 Å². The average Bonchev–Trinajstić information content (AvgIpc) is 3.01. The van der Waals surface area contributed by atoms with Crippen molar-refractivity contribution in [3.63, 3.8) is 0 Å². The van der Waals surface area contributed by atoms with Crippen LogP contribution < -0.4 is 10.9 Å². The van der Waals surface area contributed by atoms with Crippen molar-refractivity contribution in [3.8, 4) is 0 Å². The number of amides is 1. The van der Waals surface area contributed by atoms with E-state index in [0.29, 0.717) is 21.7 Å². The molecule has 6 nitrogen and oxygen atoms in total. The molecule has 0 bridgehead atoms. The van der Waals surface area contributed by atoms with Crippen molar-refractivity contribution in [2.45, 2.75) is 20.4 Å². The Balaban J connectivity index is 1.71. The van der Waals surface area contributed by atoms with Crippen LogP contribution in [-0.2, 0) is 11.3 Å². The number of nitrogens with zero attached hydrogens (tertiary/aromatic N) is 3. The largest absolute Gasteiger partial charge is 0.324 e. The van der Waals surface area contributed by atoms with E-state index in [4.69, 9.17) is 0 Å². The number of hydrogen-bond acceptors (Lipinski definition) is 5. The summed E-state index contributed by atoms with van der Waals surface area (Å²) in [4.78, 5) is 34.8. The molecular formula is C19H15FN4O2S. The number of rotatable bonds is 3. The number of nitrogens with one attached hydrogen (secondary N) is 1. The Bertz CT molecular complexity index is 1260. The number of carbonyl (C=O) groups excluding carboxylic acids is 1. The van der Waals surface area contributed by atoms with Crippen molar-refractivity contribution in [3.05, 3.63) is 64.1 Å². The number of fused-ring (bicyclic) bond motifs is 3. The van der Waals surface area contributed by atoms with Gasteiger partial charge in [-0.05, 0) is 43.7 Å². The molecule has 0 fully saturated rings. The van der Waals surface area contributed by atoms with Gasteiger partial charge in [0.05, 0.1) is 5.52 Å². The molecule has 0 saturated carbocycles. The summed E-state index contributed by atoms with van der Waals surface area (Å²) in [5.41, 5.74) is 1.43. The van der Waals surface area contributed by atoms with E-state index >= 15 is 0 Å². The van der Waals surface area contributed by atoms with Crippen LogP contribution in [-0.4, -0.2) is 20.4 Å². The molecule has 0 aliphatic rings. The van der Waals surface area contributed by atoms with Gasteiger partial charge < -0.3 is 5.32 Å². The lowest BCUT2D eigenvalue weighted by molar-refractivity contribution is -0.116. The van der Waals surface area contributed by atoms with Gasteiger partial charge in [0, 0.05) is 17.3 Å². The van der Waals surface area contributed by atoms with Gasteiger partial charge in [0.1, 0.15) is 27.7 Å². The molecule has 1 amide bonds. The molecule has 0 unspecified atom stereocenters. The second-order valence-electron chi connectivity index (χ2n) is 6.19. The highest BCUT2D eigenvalue weighted by molar-refractivity contribution is 7.25. The lowest BCUT2D eigenvalue weighted by atomic mass is 10.2. The first-order valence-electron chi connectivity index (χ1n) is 8.24. The van der Waals surface area contributed by atoms with Crippen LogP contribution >= 0.6 is 11.3 Å². The summed E-state index contributed by atoms with van der Waals surface area (Å²) >= 11 is 1.26. The van der Waals surface area contributed by atoms with Crippen molar-refractivity contribution in [1.82, 2.24) is 14.5 Å². The van der Waals surface area contributed by atoms with Crippen molar-refractivity contribution < 1.29 is 9.18 Å². The number of halogens is 1. The van der Waals surface area contributed by atoms with Crippen LogP contribution in [0.25, 0.3) is 20.4 Å². The normalized spacial score (nSPS) is 11.2. The summed E-state index contributed by atoms with van der Waals surface area (Å²) in [6.07, 6.45) is 1.66. The highest BCUT2D eigenvalue weighted by Gasteiger charge is 2.16. The maximum atomic E-state index is 13.4. The number of hydrogen-bond donors (Lipinski definition) is 1. The quantitative estimate of drug-likeness (QED) is 0.589. The number of aryl methyl sites for hydroxylation is 2. The third-order valence-corrected chi connectivity index (χ3v) is 5.41. The van der Waals surface area contributed by atoms with Gasteiger partial charge in [-0.15, -0.1) is 11.3 Å². The van der Waals surface area contributed by atoms with Gasteiger partial charge in [0.25, 0.3) is 5.56 Å². The minimum atomic E-state index is -0.440. The number of pyridine rings is 1. The van der Waals surface area contributed by atoms with Gasteiger partial charge in [0.2, 0.25) is 5.91 Å². The van der Waals surface area contributed by atoms with Crippen LogP contribution in [0.1, 0.15) is 11.4 Å². The summed E-state index contributed by atoms with van der Waals surface area (Å²) in [5, 5.41) is 3.48. The second kappa shape index (κ2) is 6.55. The van der Waals surface area contributed by atoms with Crippen LogP contribution in [0.3, 0.4) is 0 Å². The SMILES string of the molecule is Cc1ccc(F)cc1NC(=O)Cn1c(C)nc2c(sc3ncccc32)c1=O. The van der Waals surface area contributed by atoms with Gasteiger partial charge in [-0.2, -0.15) is 0 Å².